The summed E-state index contributed by atoms with van der Waals surface area (Å²) >= 11 is 1.79. The van der Waals surface area contributed by atoms with E-state index in [-0.39, 0.29) is 36.1 Å². The number of ether oxygens (including phenoxy) is 6. The number of esters is 3. The number of carbonyl (C=O) groups excluding carboxylic acids is 6. The average Bonchev–Trinajstić information content (AvgIpc) is 1.45. The fourth-order valence-corrected chi connectivity index (χ4v) is 18.7. The van der Waals surface area contributed by atoms with Crippen LogP contribution in [0.3, 0.4) is 0 Å². The maximum absolute atomic E-state index is 13.5. The van der Waals surface area contributed by atoms with E-state index in [1.807, 2.05) is 139 Å². The predicted molar refractivity (Wildman–Crippen MR) is 435 cm³/mol. The van der Waals surface area contributed by atoms with E-state index in [0.29, 0.717) is 29.9 Å². The summed E-state index contributed by atoms with van der Waals surface area (Å²) in [6.07, 6.45) is 9.69. The van der Waals surface area contributed by atoms with Crippen LogP contribution in [-0.4, -0.2) is 217 Å². The third-order valence-corrected chi connectivity index (χ3v) is 25.9. The highest BCUT2D eigenvalue weighted by atomic mass is 32.2. The average molecular weight is 1770 g/mol. The lowest BCUT2D eigenvalue weighted by Gasteiger charge is -2.35. The highest BCUT2D eigenvalue weighted by molar-refractivity contribution is 7.99. The van der Waals surface area contributed by atoms with Crippen LogP contribution in [-0.2, 0) is 79.7 Å². The molecule has 33 heteroatoms. The quantitative estimate of drug-likeness (QED) is 0.00981. The summed E-state index contributed by atoms with van der Waals surface area (Å²) in [4.78, 5) is 71.0. The monoisotopic (exact) mass is 1770 g/mol. The van der Waals surface area contributed by atoms with E-state index in [4.69, 9.17) is 58.1 Å². The fourth-order valence-electron chi connectivity index (χ4n) is 17.8. The number of methoxy groups -OCH3 is 1. The minimum absolute atomic E-state index is 0.0668. The summed E-state index contributed by atoms with van der Waals surface area (Å²) in [5.74, 6) is -6.97. The molecule has 23 nitrogen and oxygen atoms in total. The Morgan fingerprint density at radius 2 is 0.823 bits per heavy atom. The highest BCUT2D eigenvalue weighted by Crippen LogP contribution is 2.46. The SMILES string of the molecule is CC[N+]1(CCCOc2ccc(OC)cc2)CCC(OC(=O)C(O)(c2ccccc2)C2CCCC2)C1.C[N+]1(CCCOc2ccc3c(c2)CCCC3)CCC(OC(=O)C(O)(c2ccccc2)C2CCCC2)C1.Cn1ccnc1SCCC[N+]1(C)CCC(OC(=O)C(O)(c2ccccc2)C2CCCC2)C1.O=C([O-])C(F)(F)F.O=C([O-])C(F)(F)F.O=C([O-])C(F)(F)F. The number of aliphatic carboxylic acids is 3. The van der Waals surface area contributed by atoms with Crippen LogP contribution in [0.2, 0.25) is 0 Å². The molecule has 6 fully saturated rings. The van der Waals surface area contributed by atoms with Gasteiger partial charge in [-0.05, 0) is 135 Å². The van der Waals surface area contributed by atoms with Crippen molar-refractivity contribution in [2.75, 3.05) is 106 Å². The number of imidazole rings is 1. The fraction of sp³-hybridized carbons (Fsp3) is 0.571. The van der Waals surface area contributed by atoms with Crippen LogP contribution in [0.15, 0.2) is 151 Å². The molecule has 3 saturated heterocycles. The first-order valence-electron chi connectivity index (χ1n) is 42.6. The lowest BCUT2D eigenvalue weighted by atomic mass is 9.80. The van der Waals surface area contributed by atoms with Crippen molar-refractivity contribution in [1.82, 2.24) is 9.55 Å². The Hall–Kier alpha value is -8.99. The lowest BCUT2D eigenvalue weighted by molar-refractivity contribution is -0.916. The van der Waals surface area contributed by atoms with Crippen LogP contribution >= 0.6 is 11.8 Å². The number of fused-ring (bicyclic) bond motifs is 1. The Morgan fingerprint density at radius 1 is 0.468 bits per heavy atom. The van der Waals surface area contributed by atoms with Crippen LogP contribution in [0.5, 0.6) is 17.2 Å². The van der Waals surface area contributed by atoms with Gasteiger partial charge in [-0.3, -0.25) is 0 Å². The van der Waals surface area contributed by atoms with Crippen molar-refractivity contribution in [3.05, 3.63) is 174 Å². The van der Waals surface area contributed by atoms with Gasteiger partial charge in [0.25, 0.3) is 0 Å². The van der Waals surface area contributed by atoms with E-state index in [1.165, 1.54) is 36.8 Å². The molecular formula is C91H118F9N5O18S. The van der Waals surface area contributed by atoms with Crippen LogP contribution < -0.4 is 29.5 Å². The molecule has 5 aromatic carbocycles. The van der Waals surface area contributed by atoms with Crippen LogP contribution in [0.25, 0.3) is 0 Å². The predicted octanol–water partition coefficient (Wildman–Crippen LogP) is 11.5. The summed E-state index contributed by atoms with van der Waals surface area (Å²) in [6.45, 7) is 12.9. The van der Waals surface area contributed by atoms with E-state index in [0.717, 1.165) is 223 Å². The van der Waals surface area contributed by atoms with E-state index in [1.54, 1.807) is 18.9 Å². The second-order valence-corrected chi connectivity index (χ2v) is 34.7. The van der Waals surface area contributed by atoms with E-state index < -0.39 is 71.1 Å². The number of carbonyl (C=O) groups is 6. The van der Waals surface area contributed by atoms with Crippen molar-refractivity contribution in [1.29, 1.82) is 0 Å². The van der Waals surface area contributed by atoms with E-state index in [2.05, 4.69) is 44.2 Å². The van der Waals surface area contributed by atoms with Crippen molar-refractivity contribution in [2.24, 2.45) is 24.8 Å². The number of alkyl halides is 9. The Bertz CT molecular complexity index is 4270. The van der Waals surface area contributed by atoms with Crippen LogP contribution in [0, 0.1) is 17.8 Å². The number of aryl methyl sites for hydroxylation is 3. The van der Waals surface area contributed by atoms with Gasteiger partial charge in [-0.15, -0.1) is 0 Å². The number of benzene rings is 5. The van der Waals surface area contributed by atoms with Crippen molar-refractivity contribution in [3.8, 4) is 17.2 Å². The Morgan fingerprint density at radius 3 is 1.20 bits per heavy atom. The molecule has 0 bridgehead atoms. The number of thioether (sulfide) groups is 1. The molecule has 3 N–H and O–H groups in total. The second kappa shape index (κ2) is 46.0. The minimum Gasteiger partial charge on any atom is -0.542 e. The van der Waals surface area contributed by atoms with Gasteiger partial charge < -0.3 is 91.5 Å². The number of aromatic nitrogens is 2. The minimum atomic E-state index is -5.19. The number of quaternary nitrogens is 3. The van der Waals surface area contributed by atoms with Gasteiger partial charge in [0.2, 0.25) is 0 Å². The first-order valence-corrected chi connectivity index (χ1v) is 43.6. The molecule has 1 aromatic heterocycles. The number of carboxylic acid groups (broad SMARTS) is 3. The molecule has 0 amide bonds. The van der Waals surface area contributed by atoms with Gasteiger partial charge in [0.1, 0.15) is 54.8 Å². The molecule has 9 unspecified atom stereocenters. The Labute approximate surface area is 722 Å². The molecule has 0 radical (unpaired) electrons. The third-order valence-electron chi connectivity index (χ3n) is 24.8. The number of aliphatic hydroxyl groups is 3. The largest absolute Gasteiger partial charge is 0.542 e. The van der Waals surface area contributed by atoms with Crippen molar-refractivity contribution in [3.63, 3.8) is 0 Å². The number of hydrogen-bond donors (Lipinski definition) is 3. The molecule has 124 heavy (non-hydrogen) atoms. The molecule has 6 aromatic rings. The van der Waals surface area contributed by atoms with Crippen molar-refractivity contribution < 1.29 is 141 Å². The van der Waals surface area contributed by atoms with Gasteiger partial charge in [-0.25, -0.2) is 19.4 Å². The van der Waals surface area contributed by atoms with Gasteiger partial charge >= 0.3 is 36.4 Å². The number of likely N-dealkylation sites (tertiary alicyclic amines) is 3. The molecule has 4 aliphatic carbocycles. The normalized spacial score (nSPS) is 22.8. The van der Waals surface area contributed by atoms with Gasteiger partial charge in [-0.1, -0.05) is 147 Å². The lowest BCUT2D eigenvalue weighted by Crippen LogP contribution is -2.49. The number of likely N-dealkylation sites (N-methyl/N-ethyl adjacent to an activating group) is 3. The maximum atomic E-state index is 13.5. The molecule has 0 spiro atoms. The molecule has 684 valence electrons. The molecule has 7 aliphatic rings. The Kier molecular flexibility index (Phi) is 37.2. The molecule has 4 heterocycles. The van der Waals surface area contributed by atoms with Gasteiger partial charge in [0.05, 0.1) is 80.2 Å². The number of nitrogens with zero attached hydrogens (tertiary/aromatic N) is 5. The maximum Gasteiger partial charge on any atom is 0.430 e. The first kappa shape index (κ1) is 100. The molecule has 13 rings (SSSR count). The van der Waals surface area contributed by atoms with Gasteiger partial charge in [-0.2, -0.15) is 39.5 Å². The van der Waals surface area contributed by atoms with Crippen molar-refractivity contribution in [2.45, 2.75) is 207 Å². The summed E-state index contributed by atoms with van der Waals surface area (Å²) in [5.41, 5.74) is 0.270. The topological polar surface area (TPSA) is 305 Å². The summed E-state index contributed by atoms with van der Waals surface area (Å²) in [7, 11) is 8.17. The molecular weight excluding hydrogens is 1650 g/mol. The number of rotatable bonds is 29. The first-order chi connectivity index (χ1) is 58.7. The number of hydrogen-bond acceptors (Lipinski definition) is 20. The summed E-state index contributed by atoms with van der Waals surface area (Å²) < 4.78 is 135. The zero-order valence-corrected chi connectivity index (χ0v) is 71.9. The Balaban J connectivity index is 0.000000206. The van der Waals surface area contributed by atoms with Crippen LogP contribution in [0.1, 0.15) is 163 Å². The summed E-state index contributed by atoms with van der Waals surface area (Å²) in [5, 5.41) is 62.5. The molecule has 3 saturated carbocycles. The molecule has 9 atom stereocenters. The zero-order valence-electron chi connectivity index (χ0n) is 71.1. The van der Waals surface area contributed by atoms with E-state index >= 15 is 0 Å². The smallest absolute Gasteiger partial charge is 0.430 e. The zero-order chi connectivity index (χ0) is 90.6. The third kappa shape index (κ3) is 28.8. The molecule has 3 aliphatic heterocycles. The summed E-state index contributed by atoms with van der Waals surface area (Å²) in [6, 6.07) is 42.4. The highest BCUT2D eigenvalue weighted by Gasteiger charge is 2.53. The second-order valence-electron chi connectivity index (χ2n) is 33.7. The standard InChI is InChI=1S/C31H42NO4.C29H40NO5.C25H36N3O3S.3C2HF3O2/c1-32(19-9-21-35-28-17-16-24-10-5-6-11-25(24)22-28)20-18-29(23-32)36-30(33)31(34,27-14-7-8-15-27)26-12-3-2-4-13-26;1-3-30(19-9-21-34-26-16-14-25(33-2)15-17-26)20-18-27(22-30)35-28(31)29(32,24-12-7-8-13-24)23-10-5-4-6-11-23;1-27-15-14-26-24(27)32-18-8-16-28(2)17-13-22(19-28)31-23(29)25(30,21-11-6-7-12-21)20-9-4-3-5-10-20;3*3-2(4,5)1(6)7/h2-4,12-13,16-17,22,27,29,34H,5-11,14-15,18-21,23H2,1H3;4-6,10-11,14-17,24,27,32H,3,7-9,12-13,18-22H2,1-2H3;3-5,9-10,14-15,21-22,30H,6-8,11-13,16-19H2,1-2H3;3*(H,6,7)/q3*+1;;;/p-3. The van der Waals surface area contributed by atoms with Gasteiger partial charge in [0, 0.05) is 81.5 Å². The van der Waals surface area contributed by atoms with E-state index in [9.17, 15) is 69.2 Å². The number of carboxylic acids is 3. The number of halogens is 9. The van der Waals surface area contributed by atoms with Gasteiger partial charge in [0.15, 0.2) is 40.3 Å². The van der Waals surface area contributed by atoms with Crippen molar-refractivity contribution >= 4 is 47.6 Å². The van der Waals surface area contributed by atoms with Crippen LogP contribution in [0.4, 0.5) is 39.5 Å².